The number of likely N-dealkylation sites (tertiary alicyclic amines) is 1. The van der Waals surface area contributed by atoms with Crippen LogP contribution >= 0.6 is 0 Å². The van der Waals surface area contributed by atoms with Gasteiger partial charge in [-0.3, -0.25) is 10.1 Å². The number of carbonyl (C=O) groups is 4. The lowest BCUT2D eigenvalue weighted by molar-refractivity contribution is -0.786. The quantitative estimate of drug-likeness (QED) is 0.304. The van der Waals surface area contributed by atoms with Crippen LogP contribution in [0.2, 0.25) is 0 Å². The zero-order valence-corrected chi connectivity index (χ0v) is 23.1. The molecule has 4 atom stereocenters. The standard InChI is InChI=1S/C24H36F7N3O5/c1-12(2)15(17(35)22(25,26)23(27,28)24(29,30)31)32-19(37)34(11-9-10-14(34)5)18(36)16(13(3)4)33-20(38)39-21(6,7)8/h12-16H,9-11H2,1-8H3,(H-,32,33,37,38)/p+1/t14-,15?,16+,34?/m1/s1. The van der Waals surface area contributed by atoms with Gasteiger partial charge in [0.1, 0.15) is 17.7 Å². The van der Waals surface area contributed by atoms with E-state index in [1.807, 2.05) is 5.32 Å². The largest absolute Gasteiger partial charge is 0.460 e. The lowest BCUT2D eigenvalue weighted by Crippen LogP contribution is -2.70. The minimum Gasteiger partial charge on any atom is -0.444 e. The summed E-state index contributed by atoms with van der Waals surface area (Å²) in [6, 6.07) is -5.97. The molecule has 0 radical (unpaired) electrons. The van der Waals surface area contributed by atoms with Gasteiger partial charge in [0.05, 0.1) is 6.54 Å². The van der Waals surface area contributed by atoms with E-state index in [4.69, 9.17) is 4.74 Å². The molecule has 0 bridgehead atoms. The number of quaternary nitrogens is 1. The minimum atomic E-state index is -6.75. The van der Waals surface area contributed by atoms with E-state index in [-0.39, 0.29) is 19.4 Å². The Kier molecular flexibility index (Phi) is 10.3. The van der Waals surface area contributed by atoms with Crippen molar-refractivity contribution in [2.75, 3.05) is 6.54 Å². The van der Waals surface area contributed by atoms with Crippen LogP contribution < -0.4 is 10.6 Å². The van der Waals surface area contributed by atoms with Crippen LogP contribution in [0.1, 0.15) is 68.2 Å². The van der Waals surface area contributed by atoms with Gasteiger partial charge in [-0.25, -0.2) is 14.4 Å². The summed E-state index contributed by atoms with van der Waals surface area (Å²) in [6.07, 6.45) is -7.17. The molecule has 39 heavy (non-hydrogen) atoms. The van der Waals surface area contributed by atoms with Gasteiger partial charge in [-0.05, 0) is 39.5 Å². The van der Waals surface area contributed by atoms with Crippen LogP contribution in [-0.2, 0) is 14.3 Å². The maximum atomic E-state index is 14.3. The van der Waals surface area contributed by atoms with Crippen molar-refractivity contribution in [3.05, 3.63) is 0 Å². The van der Waals surface area contributed by atoms with E-state index in [1.54, 1.807) is 34.6 Å². The topological polar surface area (TPSA) is 102 Å². The van der Waals surface area contributed by atoms with Gasteiger partial charge in [0.15, 0.2) is 6.04 Å². The fourth-order valence-electron chi connectivity index (χ4n) is 4.31. The summed E-state index contributed by atoms with van der Waals surface area (Å²) in [7, 11) is 0. The lowest BCUT2D eigenvalue weighted by Gasteiger charge is -2.38. The Labute approximate surface area is 222 Å². The van der Waals surface area contributed by atoms with Crippen LogP contribution in [0.5, 0.6) is 0 Å². The normalized spacial score (nSPS) is 22.4. The predicted molar refractivity (Wildman–Crippen MR) is 125 cm³/mol. The molecule has 15 heteroatoms. The summed E-state index contributed by atoms with van der Waals surface area (Å²) in [5.41, 5.74) is -0.937. The molecule has 1 rings (SSSR count). The Morgan fingerprint density at radius 3 is 1.69 bits per heavy atom. The van der Waals surface area contributed by atoms with E-state index in [1.165, 1.54) is 6.92 Å². The molecule has 226 valence electrons. The van der Waals surface area contributed by atoms with Gasteiger partial charge < -0.3 is 10.1 Å². The number of halogens is 7. The summed E-state index contributed by atoms with van der Waals surface area (Å²) in [5.74, 6) is -18.6. The summed E-state index contributed by atoms with van der Waals surface area (Å²) in [6.45, 7) is 11.2. The molecular weight excluding hydrogens is 543 g/mol. The number of hydrogen-bond donors (Lipinski definition) is 2. The van der Waals surface area contributed by atoms with Crippen LogP contribution in [0.15, 0.2) is 0 Å². The number of rotatable bonds is 8. The summed E-state index contributed by atoms with van der Waals surface area (Å²) >= 11 is 0. The highest BCUT2D eigenvalue weighted by molar-refractivity contribution is 5.96. The van der Waals surface area contributed by atoms with E-state index < -0.39 is 81.9 Å². The lowest BCUT2D eigenvalue weighted by atomic mass is 9.92. The first-order chi connectivity index (χ1) is 17.3. The predicted octanol–water partition coefficient (Wildman–Crippen LogP) is 5.20. The maximum absolute atomic E-state index is 14.3. The monoisotopic (exact) mass is 580 g/mol. The van der Waals surface area contributed by atoms with Crippen molar-refractivity contribution < 1.29 is 59.1 Å². The van der Waals surface area contributed by atoms with Crippen LogP contribution in [0.3, 0.4) is 0 Å². The molecule has 8 nitrogen and oxygen atoms in total. The van der Waals surface area contributed by atoms with E-state index >= 15 is 0 Å². The summed E-state index contributed by atoms with van der Waals surface area (Å²) in [5, 5.41) is 4.26. The Balaban J connectivity index is 3.46. The average molecular weight is 581 g/mol. The number of nitrogens with one attached hydrogen (secondary N) is 2. The molecule has 0 aromatic rings. The molecule has 1 aliphatic rings. The van der Waals surface area contributed by atoms with Crippen molar-refractivity contribution in [2.45, 2.75) is 110 Å². The second-order valence-electron chi connectivity index (χ2n) is 11.5. The number of alkyl carbamates (subject to hydrolysis) is 1. The van der Waals surface area contributed by atoms with Crippen molar-refractivity contribution in [2.24, 2.45) is 11.8 Å². The van der Waals surface area contributed by atoms with E-state index in [2.05, 4.69) is 5.32 Å². The molecule has 1 fully saturated rings. The second kappa shape index (κ2) is 11.6. The van der Waals surface area contributed by atoms with Crippen LogP contribution in [0.4, 0.5) is 40.3 Å². The molecule has 2 N–H and O–H groups in total. The van der Waals surface area contributed by atoms with E-state index in [9.17, 15) is 49.9 Å². The maximum Gasteiger partial charge on any atom is 0.460 e. The molecule has 0 aromatic carbocycles. The van der Waals surface area contributed by atoms with Crippen molar-refractivity contribution in [3.8, 4) is 0 Å². The fourth-order valence-corrected chi connectivity index (χ4v) is 4.31. The first-order valence-corrected chi connectivity index (χ1v) is 12.4. The molecule has 0 saturated carbocycles. The second-order valence-corrected chi connectivity index (χ2v) is 11.5. The highest BCUT2D eigenvalue weighted by atomic mass is 19.4. The SMILES string of the molecule is CC(C)C(NC(=O)[N+]1(C(=O)[C@@H](NC(=O)OC(C)(C)C)C(C)C)CCC[C@H]1C)C(=O)C(F)(F)C(F)(F)C(F)(F)F. The minimum absolute atomic E-state index is 0.195. The number of ketones is 1. The number of carbonyl (C=O) groups excluding carboxylic acids is 4. The number of nitrogens with zero attached hydrogens (tertiary/aromatic N) is 1. The number of Topliss-reactive ketones (excluding diaryl/α,β-unsaturated/α-hetero) is 1. The van der Waals surface area contributed by atoms with Crippen molar-refractivity contribution in [1.82, 2.24) is 10.6 Å². The zero-order valence-electron chi connectivity index (χ0n) is 23.1. The molecule has 1 heterocycles. The Hall–Kier alpha value is -2.45. The number of alkyl halides is 7. The van der Waals surface area contributed by atoms with Gasteiger partial charge in [0.2, 0.25) is 5.78 Å². The van der Waals surface area contributed by atoms with Gasteiger partial charge in [0, 0.05) is 12.8 Å². The summed E-state index contributed by atoms with van der Waals surface area (Å²) in [4.78, 5) is 52.2. The highest BCUT2D eigenvalue weighted by Crippen LogP contribution is 2.47. The first kappa shape index (κ1) is 34.6. The molecule has 0 spiro atoms. The smallest absolute Gasteiger partial charge is 0.444 e. The third-order valence-electron chi connectivity index (χ3n) is 6.53. The van der Waals surface area contributed by atoms with Crippen molar-refractivity contribution in [1.29, 1.82) is 0 Å². The van der Waals surface area contributed by atoms with Crippen molar-refractivity contribution >= 4 is 23.8 Å². The van der Waals surface area contributed by atoms with Crippen molar-refractivity contribution in [3.63, 3.8) is 0 Å². The number of amides is 4. The molecule has 0 aliphatic carbocycles. The number of hydrogen-bond acceptors (Lipinski definition) is 5. The Morgan fingerprint density at radius 2 is 1.33 bits per heavy atom. The number of ether oxygens (including phenoxy) is 1. The van der Waals surface area contributed by atoms with Gasteiger partial charge in [0.25, 0.3) is 0 Å². The number of urea groups is 1. The molecular formula is C24H37F7N3O5+. The third kappa shape index (κ3) is 7.01. The van der Waals surface area contributed by atoms with E-state index in [0.29, 0.717) is 0 Å². The van der Waals surface area contributed by atoms with Crippen LogP contribution in [0, 0.1) is 11.8 Å². The average Bonchev–Trinajstić information content (AvgIpc) is 3.14. The molecule has 0 aromatic heterocycles. The summed E-state index contributed by atoms with van der Waals surface area (Å²) < 4.78 is 97.9. The first-order valence-electron chi connectivity index (χ1n) is 12.4. The Morgan fingerprint density at radius 1 is 0.846 bits per heavy atom. The van der Waals surface area contributed by atoms with Crippen LogP contribution in [0.25, 0.3) is 0 Å². The van der Waals surface area contributed by atoms with Gasteiger partial charge in [-0.1, -0.05) is 27.7 Å². The fraction of sp³-hybridized carbons (Fsp3) is 0.833. The van der Waals surface area contributed by atoms with Gasteiger partial charge in [-0.15, -0.1) is 0 Å². The molecule has 2 unspecified atom stereocenters. The molecule has 1 saturated heterocycles. The number of imide groups is 1. The van der Waals surface area contributed by atoms with Gasteiger partial charge in [-0.2, -0.15) is 35.2 Å². The molecule has 1 aliphatic heterocycles. The highest BCUT2D eigenvalue weighted by Gasteiger charge is 2.77. The molecule has 4 amide bonds. The zero-order chi connectivity index (χ0) is 30.9. The van der Waals surface area contributed by atoms with Gasteiger partial charge >= 0.3 is 36.1 Å². The van der Waals surface area contributed by atoms with E-state index in [0.717, 1.165) is 13.8 Å². The van der Waals surface area contributed by atoms with Crippen LogP contribution in [-0.4, -0.2) is 76.6 Å². The third-order valence-corrected chi connectivity index (χ3v) is 6.53. The Bertz CT molecular complexity index is 947.